The number of hydrogen-bond donors (Lipinski definition) is 3. The van der Waals surface area contributed by atoms with Crippen molar-refractivity contribution >= 4 is 17.9 Å². The van der Waals surface area contributed by atoms with Gasteiger partial charge in [0.2, 0.25) is 5.91 Å². The number of hydrogen-bond acceptors (Lipinski definition) is 4. The monoisotopic (exact) mass is 287 g/mol. The van der Waals surface area contributed by atoms with Gasteiger partial charge in [-0.05, 0) is 19.8 Å². The summed E-state index contributed by atoms with van der Waals surface area (Å²) < 4.78 is 4.80. The van der Waals surface area contributed by atoms with Gasteiger partial charge in [-0.15, -0.1) is 0 Å². The van der Waals surface area contributed by atoms with Crippen molar-refractivity contribution in [2.24, 2.45) is 0 Å². The van der Waals surface area contributed by atoms with E-state index in [1.54, 1.807) is 6.92 Å². The number of carboxylic acid groups (broad SMARTS) is 1. The molecule has 8 nitrogen and oxygen atoms in total. The lowest BCUT2D eigenvalue weighted by atomic mass is 10.3. The molecule has 1 saturated carbocycles. The number of carboxylic acids is 1. The minimum atomic E-state index is -1.07. The highest BCUT2D eigenvalue weighted by Crippen LogP contribution is 2.26. The van der Waals surface area contributed by atoms with Crippen molar-refractivity contribution in [3.8, 4) is 0 Å². The van der Waals surface area contributed by atoms with Gasteiger partial charge in [-0.1, -0.05) is 0 Å². The van der Waals surface area contributed by atoms with Crippen LogP contribution in [-0.2, 0) is 14.3 Å². The molecule has 1 rings (SSSR count). The fourth-order valence-electron chi connectivity index (χ4n) is 1.66. The maximum atomic E-state index is 12.0. The molecule has 8 heteroatoms. The predicted molar refractivity (Wildman–Crippen MR) is 70.2 cm³/mol. The molecule has 1 aliphatic carbocycles. The van der Waals surface area contributed by atoms with E-state index in [1.165, 1.54) is 12.0 Å². The number of aliphatic carboxylic acids is 1. The van der Waals surface area contributed by atoms with Gasteiger partial charge in [-0.3, -0.25) is 9.59 Å². The quantitative estimate of drug-likeness (QED) is 0.516. The molecule has 1 fully saturated rings. The fraction of sp³-hybridized carbons (Fsp3) is 0.750. The number of urea groups is 1. The van der Waals surface area contributed by atoms with E-state index in [0.29, 0.717) is 13.2 Å². The molecular weight excluding hydrogens is 266 g/mol. The first-order chi connectivity index (χ1) is 9.45. The van der Waals surface area contributed by atoms with E-state index in [2.05, 4.69) is 10.6 Å². The van der Waals surface area contributed by atoms with Gasteiger partial charge in [0.25, 0.3) is 0 Å². The van der Waals surface area contributed by atoms with E-state index in [1.807, 2.05) is 0 Å². The molecule has 3 amide bonds. The van der Waals surface area contributed by atoms with E-state index < -0.39 is 18.0 Å². The van der Waals surface area contributed by atoms with E-state index in [-0.39, 0.29) is 18.5 Å². The highest BCUT2D eigenvalue weighted by atomic mass is 16.5. The van der Waals surface area contributed by atoms with Crippen LogP contribution in [-0.4, -0.2) is 66.8 Å². The van der Waals surface area contributed by atoms with Gasteiger partial charge in [0.05, 0.1) is 6.61 Å². The van der Waals surface area contributed by atoms with Gasteiger partial charge in [-0.25, -0.2) is 4.79 Å². The minimum Gasteiger partial charge on any atom is -0.480 e. The summed E-state index contributed by atoms with van der Waals surface area (Å²) in [5.74, 6) is -1.40. The molecule has 114 valence electrons. The summed E-state index contributed by atoms with van der Waals surface area (Å²) in [5, 5.41) is 13.9. The lowest BCUT2D eigenvalue weighted by Crippen LogP contribution is -2.51. The Balaban J connectivity index is 2.42. The first-order valence-electron chi connectivity index (χ1n) is 6.51. The Hall–Kier alpha value is -1.83. The number of nitrogens with zero attached hydrogens (tertiary/aromatic N) is 1. The molecule has 0 aromatic heterocycles. The molecule has 0 aromatic carbocycles. The average molecular weight is 287 g/mol. The maximum Gasteiger partial charge on any atom is 0.323 e. The lowest BCUT2D eigenvalue weighted by molar-refractivity contribution is -0.137. The van der Waals surface area contributed by atoms with Crippen LogP contribution in [0.1, 0.15) is 19.8 Å². The third-order valence-electron chi connectivity index (χ3n) is 2.89. The molecule has 0 saturated heterocycles. The van der Waals surface area contributed by atoms with Crippen molar-refractivity contribution in [3.05, 3.63) is 0 Å². The van der Waals surface area contributed by atoms with Crippen molar-refractivity contribution in [3.63, 3.8) is 0 Å². The molecule has 1 unspecified atom stereocenters. The smallest absolute Gasteiger partial charge is 0.323 e. The molecule has 1 aliphatic rings. The molecule has 0 heterocycles. The molecule has 3 N–H and O–H groups in total. The number of carbonyl (C=O) groups is 3. The Kier molecular flexibility index (Phi) is 6.23. The molecule has 0 spiro atoms. The maximum absolute atomic E-state index is 12.0. The first kappa shape index (κ1) is 16.2. The summed E-state index contributed by atoms with van der Waals surface area (Å²) >= 11 is 0. The number of rotatable bonds is 8. The van der Waals surface area contributed by atoms with Gasteiger partial charge < -0.3 is 25.4 Å². The van der Waals surface area contributed by atoms with Gasteiger partial charge in [-0.2, -0.15) is 0 Å². The van der Waals surface area contributed by atoms with Crippen LogP contribution >= 0.6 is 0 Å². The molecule has 0 aliphatic heterocycles. The van der Waals surface area contributed by atoms with Crippen LogP contribution in [0.25, 0.3) is 0 Å². The molecule has 1 atom stereocenters. The third-order valence-corrected chi connectivity index (χ3v) is 2.89. The second kappa shape index (κ2) is 7.68. The lowest BCUT2D eigenvalue weighted by Gasteiger charge is -2.23. The van der Waals surface area contributed by atoms with E-state index in [4.69, 9.17) is 9.84 Å². The second-order valence-corrected chi connectivity index (χ2v) is 4.71. The zero-order chi connectivity index (χ0) is 15.1. The van der Waals surface area contributed by atoms with Crippen LogP contribution in [0.15, 0.2) is 0 Å². The summed E-state index contributed by atoms with van der Waals surface area (Å²) in [5.41, 5.74) is 0. The van der Waals surface area contributed by atoms with Crippen LogP contribution in [0.5, 0.6) is 0 Å². The zero-order valence-corrected chi connectivity index (χ0v) is 11.7. The Morgan fingerprint density at radius 2 is 2.05 bits per heavy atom. The number of methoxy groups -OCH3 is 1. The first-order valence-corrected chi connectivity index (χ1v) is 6.51. The zero-order valence-electron chi connectivity index (χ0n) is 11.7. The SMILES string of the molecule is COCCNC(=O)C(C)NC(=O)N(CC(=O)O)C1CC1. The van der Waals surface area contributed by atoms with Crippen molar-refractivity contribution < 1.29 is 24.2 Å². The summed E-state index contributed by atoms with van der Waals surface area (Å²) in [6, 6.07) is -1.28. The van der Waals surface area contributed by atoms with Crippen molar-refractivity contribution in [2.45, 2.75) is 31.8 Å². The number of ether oxygens (including phenoxy) is 1. The van der Waals surface area contributed by atoms with Crippen LogP contribution in [0.2, 0.25) is 0 Å². The van der Waals surface area contributed by atoms with Crippen LogP contribution in [0.4, 0.5) is 4.79 Å². The molecule has 0 bridgehead atoms. The Morgan fingerprint density at radius 3 is 2.55 bits per heavy atom. The topological polar surface area (TPSA) is 108 Å². The minimum absolute atomic E-state index is 0.0325. The van der Waals surface area contributed by atoms with Crippen LogP contribution < -0.4 is 10.6 Å². The van der Waals surface area contributed by atoms with Gasteiger partial charge in [0.1, 0.15) is 12.6 Å². The Labute approximate surface area is 117 Å². The molecule has 0 aromatic rings. The van der Waals surface area contributed by atoms with Gasteiger partial charge in [0, 0.05) is 19.7 Å². The molecular formula is C12H21N3O5. The Bertz CT molecular complexity index is 370. The average Bonchev–Trinajstić information content (AvgIpc) is 3.19. The highest BCUT2D eigenvalue weighted by Gasteiger charge is 2.34. The highest BCUT2D eigenvalue weighted by molar-refractivity contribution is 5.88. The van der Waals surface area contributed by atoms with Crippen molar-refractivity contribution in [1.29, 1.82) is 0 Å². The molecule has 0 radical (unpaired) electrons. The largest absolute Gasteiger partial charge is 0.480 e. The number of carbonyl (C=O) groups excluding carboxylic acids is 2. The Morgan fingerprint density at radius 1 is 1.40 bits per heavy atom. The molecule has 20 heavy (non-hydrogen) atoms. The van der Waals surface area contributed by atoms with Crippen LogP contribution in [0.3, 0.4) is 0 Å². The summed E-state index contributed by atoms with van der Waals surface area (Å²) in [6.07, 6.45) is 1.60. The standard InChI is InChI=1S/C12H21N3O5/c1-8(11(18)13-5-6-20-2)14-12(19)15(7-10(16)17)9-3-4-9/h8-9H,3-7H2,1-2H3,(H,13,18)(H,14,19)(H,16,17). The summed E-state index contributed by atoms with van der Waals surface area (Å²) in [6.45, 7) is 1.94. The van der Waals surface area contributed by atoms with Crippen LogP contribution in [0, 0.1) is 0 Å². The number of nitrogens with one attached hydrogen (secondary N) is 2. The summed E-state index contributed by atoms with van der Waals surface area (Å²) in [4.78, 5) is 35.6. The summed E-state index contributed by atoms with van der Waals surface area (Å²) in [7, 11) is 1.52. The van der Waals surface area contributed by atoms with E-state index >= 15 is 0 Å². The normalized spacial score (nSPS) is 15.3. The second-order valence-electron chi connectivity index (χ2n) is 4.71. The van der Waals surface area contributed by atoms with Gasteiger partial charge >= 0.3 is 12.0 Å². The third kappa shape index (κ3) is 5.43. The predicted octanol–water partition coefficient (Wildman–Crippen LogP) is -0.604. The fourth-order valence-corrected chi connectivity index (χ4v) is 1.66. The number of amides is 3. The van der Waals surface area contributed by atoms with E-state index in [9.17, 15) is 14.4 Å². The van der Waals surface area contributed by atoms with Crippen molar-refractivity contribution in [1.82, 2.24) is 15.5 Å². The van der Waals surface area contributed by atoms with E-state index in [0.717, 1.165) is 12.8 Å². The van der Waals surface area contributed by atoms with Crippen molar-refractivity contribution in [2.75, 3.05) is 26.8 Å². The van der Waals surface area contributed by atoms with Gasteiger partial charge in [0.15, 0.2) is 0 Å².